The highest BCUT2D eigenvalue weighted by Crippen LogP contribution is 2.47. The second-order valence-electron chi connectivity index (χ2n) is 16.4. The van der Waals surface area contributed by atoms with E-state index in [9.17, 15) is 0 Å². The van der Waals surface area contributed by atoms with E-state index in [1.165, 1.54) is 96.9 Å². The van der Waals surface area contributed by atoms with Crippen molar-refractivity contribution in [1.82, 2.24) is 9.13 Å². The number of rotatable bonds is 4. The number of benzene rings is 10. The van der Waals surface area contributed by atoms with E-state index >= 15 is 0 Å². The Kier molecular flexibility index (Phi) is 6.99. The molecule has 0 saturated heterocycles. The molecule has 0 saturated carbocycles. The van der Waals surface area contributed by atoms with E-state index in [1.807, 2.05) is 17.4 Å². The van der Waals surface area contributed by atoms with E-state index in [0.29, 0.717) is 0 Å². The van der Waals surface area contributed by atoms with Crippen LogP contribution in [0, 0.1) is 0 Å². The molecule has 0 bridgehead atoms. The Labute approximate surface area is 359 Å². The first-order chi connectivity index (χ1) is 30.8. The van der Waals surface area contributed by atoms with Gasteiger partial charge in [0.05, 0.1) is 27.8 Å². The van der Waals surface area contributed by atoms with Crippen LogP contribution in [-0.2, 0) is 0 Å². The zero-order valence-electron chi connectivity index (χ0n) is 33.3. The van der Waals surface area contributed by atoms with Gasteiger partial charge in [0.1, 0.15) is 11.2 Å². The van der Waals surface area contributed by atoms with Crippen molar-refractivity contribution in [3.8, 4) is 33.6 Å². The molecule has 0 aliphatic rings. The molecule has 0 fully saturated rings. The lowest BCUT2D eigenvalue weighted by Gasteiger charge is -2.12. The van der Waals surface area contributed by atoms with Crippen LogP contribution in [0.2, 0.25) is 0 Å². The number of fused-ring (bicyclic) bond motifs is 14. The molecular formula is C58H34N2OS. The van der Waals surface area contributed by atoms with E-state index in [1.54, 1.807) is 0 Å². The van der Waals surface area contributed by atoms with Crippen molar-refractivity contribution in [2.75, 3.05) is 0 Å². The number of nitrogens with zero attached hydrogens (tertiary/aromatic N) is 2. The van der Waals surface area contributed by atoms with Crippen molar-refractivity contribution >= 4 is 108 Å². The van der Waals surface area contributed by atoms with Gasteiger partial charge >= 0.3 is 0 Å². The van der Waals surface area contributed by atoms with Gasteiger partial charge in [-0.05, 0) is 71.1 Å². The van der Waals surface area contributed by atoms with Crippen molar-refractivity contribution in [3.05, 3.63) is 206 Å². The molecule has 0 N–H and O–H groups in total. The van der Waals surface area contributed by atoms with Crippen LogP contribution in [0.3, 0.4) is 0 Å². The third-order valence-corrected chi connectivity index (χ3v) is 14.3. The second kappa shape index (κ2) is 12.8. The van der Waals surface area contributed by atoms with Crippen molar-refractivity contribution < 1.29 is 4.42 Å². The van der Waals surface area contributed by atoms with Crippen LogP contribution in [0.1, 0.15) is 0 Å². The lowest BCUT2D eigenvalue weighted by atomic mass is 10.00. The van der Waals surface area contributed by atoms with Crippen LogP contribution in [0.25, 0.3) is 130 Å². The van der Waals surface area contributed by atoms with Crippen molar-refractivity contribution in [2.45, 2.75) is 0 Å². The normalized spacial score (nSPS) is 12.2. The zero-order chi connectivity index (χ0) is 40.5. The molecule has 0 aliphatic heterocycles. The van der Waals surface area contributed by atoms with Crippen LogP contribution < -0.4 is 0 Å². The van der Waals surface area contributed by atoms with E-state index in [4.69, 9.17) is 4.42 Å². The van der Waals surface area contributed by atoms with Gasteiger partial charge in [-0.1, -0.05) is 152 Å². The van der Waals surface area contributed by atoms with E-state index < -0.39 is 0 Å². The highest BCUT2D eigenvalue weighted by Gasteiger charge is 2.23. The average molecular weight is 807 g/mol. The summed E-state index contributed by atoms with van der Waals surface area (Å²) >= 11 is 1.86. The summed E-state index contributed by atoms with van der Waals surface area (Å²) in [6.07, 6.45) is 0. The lowest BCUT2D eigenvalue weighted by molar-refractivity contribution is 0.670. The SMILES string of the molecule is c1ccc(-c2ccc3c(c2)c2ccc4c(c5ccccc5n4-c4cccc5ccccc45)c2n3-c2ccc3sc4c(-c5cccc6c5oc5ccccc56)cccc4c3c2)cc1. The summed E-state index contributed by atoms with van der Waals surface area (Å²) < 4.78 is 14.1. The molecule has 0 aliphatic carbocycles. The van der Waals surface area contributed by atoms with E-state index in [0.717, 1.165) is 33.2 Å². The summed E-state index contributed by atoms with van der Waals surface area (Å²) in [7, 11) is 0. The zero-order valence-corrected chi connectivity index (χ0v) is 34.2. The number of hydrogen-bond donors (Lipinski definition) is 0. The smallest absolute Gasteiger partial charge is 0.143 e. The molecule has 0 radical (unpaired) electrons. The molecule has 0 unspecified atom stereocenters. The minimum Gasteiger partial charge on any atom is -0.455 e. The maximum atomic E-state index is 6.56. The van der Waals surface area contributed by atoms with Gasteiger partial charge in [-0.3, -0.25) is 0 Å². The van der Waals surface area contributed by atoms with E-state index in [2.05, 4.69) is 209 Å². The van der Waals surface area contributed by atoms with Gasteiger partial charge in [0.15, 0.2) is 0 Å². The molecule has 62 heavy (non-hydrogen) atoms. The predicted molar refractivity (Wildman–Crippen MR) is 264 cm³/mol. The number of hydrogen-bond acceptors (Lipinski definition) is 2. The Morgan fingerprint density at radius 3 is 2.02 bits per heavy atom. The fourth-order valence-electron chi connectivity index (χ4n) is 10.4. The molecule has 0 atom stereocenters. The maximum Gasteiger partial charge on any atom is 0.143 e. The Bertz CT molecular complexity index is 4160. The predicted octanol–water partition coefficient (Wildman–Crippen LogP) is 16.6. The minimum absolute atomic E-state index is 0.916. The van der Waals surface area contributed by atoms with Crippen molar-refractivity contribution in [3.63, 3.8) is 0 Å². The average Bonchev–Trinajstić information content (AvgIpc) is 4.09. The standard InChI is InChI=1S/C58H34N2OS/c1-2-13-35(14-3-1)37-27-30-51-47(33-37)41-29-31-52-55(46-19-6-8-24-50(46)60(52)49-25-10-16-36-15-4-5-17-39(36)49)56(41)59(51)38-28-32-54-48(34-38)45-23-12-22-44(58(45)62-54)43-21-11-20-42-40-18-7-9-26-53(40)61-57(42)43/h1-34H. The highest BCUT2D eigenvalue weighted by atomic mass is 32.1. The molecule has 14 rings (SSSR count). The summed E-state index contributed by atoms with van der Waals surface area (Å²) in [5.41, 5.74) is 13.7. The summed E-state index contributed by atoms with van der Waals surface area (Å²) in [5, 5.41) is 12.2. The lowest BCUT2D eigenvalue weighted by Crippen LogP contribution is -1.96. The molecule has 10 aromatic carbocycles. The fourth-order valence-corrected chi connectivity index (χ4v) is 11.6. The molecule has 0 amide bonds. The summed E-state index contributed by atoms with van der Waals surface area (Å²) in [6.45, 7) is 0. The van der Waals surface area contributed by atoms with Gasteiger partial charge in [-0.15, -0.1) is 11.3 Å². The van der Waals surface area contributed by atoms with Gasteiger partial charge in [-0.25, -0.2) is 0 Å². The van der Waals surface area contributed by atoms with Gasteiger partial charge in [0, 0.05) is 74.7 Å². The Morgan fingerprint density at radius 1 is 0.387 bits per heavy atom. The van der Waals surface area contributed by atoms with Gasteiger partial charge in [0.25, 0.3) is 0 Å². The second-order valence-corrected chi connectivity index (χ2v) is 17.4. The molecule has 4 heteroatoms. The number of thiophene rings is 1. The van der Waals surface area contributed by atoms with Gasteiger partial charge < -0.3 is 13.6 Å². The first kappa shape index (κ1) is 33.9. The first-order valence-corrected chi connectivity index (χ1v) is 22.0. The van der Waals surface area contributed by atoms with E-state index in [-0.39, 0.29) is 0 Å². The molecule has 288 valence electrons. The quantitative estimate of drug-likeness (QED) is 0.174. The molecule has 0 spiro atoms. The number of aromatic nitrogens is 2. The monoisotopic (exact) mass is 806 g/mol. The fraction of sp³-hybridized carbons (Fsp3) is 0. The van der Waals surface area contributed by atoms with Gasteiger partial charge in [-0.2, -0.15) is 0 Å². The molecule has 4 aromatic heterocycles. The number of furan rings is 1. The third-order valence-electron chi connectivity index (χ3n) is 13.1. The van der Waals surface area contributed by atoms with Crippen LogP contribution in [0.4, 0.5) is 0 Å². The minimum atomic E-state index is 0.916. The Morgan fingerprint density at radius 2 is 1.10 bits per heavy atom. The van der Waals surface area contributed by atoms with Crippen LogP contribution in [-0.4, -0.2) is 9.13 Å². The largest absolute Gasteiger partial charge is 0.455 e. The summed E-state index contributed by atoms with van der Waals surface area (Å²) in [6, 6.07) is 75.4. The third kappa shape index (κ3) is 4.70. The highest BCUT2D eigenvalue weighted by molar-refractivity contribution is 7.26. The van der Waals surface area contributed by atoms with Gasteiger partial charge in [0.2, 0.25) is 0 Å². The topological polar surface area (TPSA) is 23.0 Å². The number of para-hydroxylation sites is 3. The Hall–Kier alpha value is -7.92. The van der Waals surface area contributed by atoms with Crippen molar-refractivity contribution in [2.24, 2.45) is 0 Å². The summed E-state index contributed by atoms with van der Waals surface area (Å²) in [5.74, 6) is 0. The summed E-state index contributed by atoms with van der Waals surface area (Å²) in [4.78, 5) is 0. The molecule has 3 nitrogen and oxygen atoms in total. The molecule has 14 aromatic rings. The first-order valence-electron chi connectivity index (χ1n) is 21.2. The van der Waals surface area contributed by atoms with Crippen LogP contribution in [0.5, 0.6) is 0 Å². The van der Waals surface area contributed by atoms with Crippen LogP contribution in [0.15, 0.2) is 211 Å². The van der Waals surface area contributed by atoms with Crippen molar-refractivity contribution in [1.29, 1.82) is 0 Å². The molecular weight excluding hydrogens is 773 g/mol. The molecule has 4 heterocycles. The Balaban J connectivity index is 1.07. The maximum absolute atomic E-state index is 6.56. The van der Waals surface area contributed by atoms with Crippen LogP contribution >= 0.6 is 11.3 Å².